The van der Waals surface area contributed by atoms with Gasteiger partial charge >= 0.3 is 0 Å². The van der Waals surface area contributed by atoms with Gasteiger partial charge in [-0.2, -0.15) is 0 Å². The Labute approximate surface area is 96.4 Å². The number of pyridine rings is 1. The van der Waals surface area contributed by atoms with Crippen molar-refractivity contribution in [2.45, 2.75) is 13.5 Å². The van der Waals surface area contributed by atoms with Gasteiger partial charge in [0.05, 0.1) is 0 Å². The monoisotopic (exact) mass is 212 g/mol. The molecule has 0 aliphatic carbocycles. The summed E-state index contributed by atoms with van der Waals surface area (Å²) in [6.45, 7) is 2.88. The summed E-state index contributed by atoms with van der Waals surface area (Å²) in [4.78, 5) is 4.34. The summed E-state index contributed by atoms with van der Waals surface area (Å²) in [5.74, 6) is 0. The van der Waals surface area contributed by atoms with Gasteiger partial charge in [-0.1, -0.05) is 30.3 Å². The lowest BCUT2D eigenvalue weighted by atomic mass is 10.0. The molecule has 0 fully saturated rings. The van der Waals surface area contributed by atoms with Gasteiger partial charge in [0, 0.05) is 24.0 Å². The summed E-state index contributed by atoms with van der Waals surface area (Å²) in [5, 5.41) is 3.19. The molecular formula is C14H16N2. The summed E-state index contributed by atoms with van der Waals surface area (Å²) >= 11 is 0. The molecule has 16 heavy (non-hydrogen) atoms. The van der Waals surface area contributed by atoms with Gasteiger partial charge in [0.25, 0.3) is 0 Å². The van der Waals surface area contributed by atoms with Crippen molar-refractivity contribution in [3.8, 4) is 11.1 Å². The molecule has 2 nitrogen and oxygen atoms in total. The van der Waals surface area contributed by atoms with Crippen molar-refractivity contribution < 1.29 is 0 Å². The number of nitrogens with one attached hydrogen (secondary N) is 1. The van der Waals surface area contributed by atoms with Crippen LogP contribution in [0.4, 0.5) is 0 Å². The molecule has 2 heteroatoms. The molecule has 0 unspecified atom stereocenters. The molecule has 0 aliphatic heterocycles. The lowest BCUT2D eigenvalue weighted by Gasteiger charge is -2.08. The van der Waals surface area contributed by atoms with Gasteiger partial charge in [0.2, 0.25) is 0 Å². The van der Waals surface area contributed by atoms with Gasteiger partial charge < -0.3 is 5.32 Å². The number of benzene rings is 1. The summed E-state index contributed by atoms with van der Waals surface area (Å²) < 4.78 is 0. The van der Waals surface area contributed by atoms with Crippen molar-refractivity contribution in [2.24, 2.45) is 0 Å². The Morgan fingerprint density at radius 2 is 1.94 bits per heavy atom. The van der Waals surface area contributed by atoms with Gasteiger partial charge in [-0.25, -0.2) is 0 Å². The quantitative estimate of drug-likeness (QED) is 0.846. The average molecular weight is 212 g/mol. The minimum Gasteiger partial charge on any atom is -0.316 e. The van der Waals surface area contributed by atoms with E-state index in [9.17, 15) is 0 Å². The van der Waals surface area contributed by atoms with Crippen molar-refractivity contribution >= 4 is 0 Å². The molecule has 2 rings (SSSR count). The van der Waals surface area contributed by atoms with Crippen LogP contribution in [0.15, 0.2) is 42.6 Å². The second-order valence-electron chi connectivity index (χ2n) is 3.88. The van der Waals surface area contributed by atoms with Crippen LogP contribution in [0.25, 0.3) is 11.1 Å². The normalized spacial score (nSPS) is 10.4. The lowest BCUT2D eigenvalue weighted by molar-refractivity contribution is 0.819. The van der Waals surface area contributed by atoms with E-state index in [2.05, 4.69) is 40.6 Å². The van der Waals surface area contributed by atoms with Gasteiger partial charge in [-0.15, -0.1) is 0 Å². The van der Waals surface area contributed by atoms with E-state index in [1.807, 2.05) is 26.2 Å². The number of hydrogen-bond acceptors (Lipinski definition) is 2. The largest absolute Gasteiger partial charge is 0.316 e. The summed E-state index contributed by atoms with van der Waals surface area (Å²) in [5.41, 5.74) is 4.78. The zero-order valence-corrected chi connectivity index (χ0v) is 9.70. The van der Waals surface area contributed by atoms with Crippen LogP contribution in [0.3, 0.4) is 0 Å². The van der Waals surface area contributed by atoms with E-state index >= 15 is 0 Å². The number of aryl methyl sites for hydroxylation is 1. The molecule has 0 spiro atoms. The highest BCUT2D eigenvalue weighted by Gasteiger charge is 2.03. The van der Waals surface area contributed by atoms with Crippen LogP contribution < -0.4 is 5.32 Å². The fraction of sp³-hybridized carbons (Fsp3) is 0.214. The zero-order chi connectivity index (χ0) is 11.4. The zero-order valence-electron chi connectivity index (χ0n) is 9.70. The van der Waals surface area contributed by atoms with Crippen molar-refractivity contribution in [3.05, 3.63) is 53.9 Å². The molecular weight excluding hydrogens is 196 g/mol. The molecule has 1 N–H and O–H groups in total. The molecule has 0 atom stereocenters. The van der Waals surface area contributed by atoms with Crippen LogP contribution in [-0.2, 0) is 6.54 Å². The molecule has 1 heterocycles. The number of aromatic nitrogens is 1. The molecule has 0 radical (unpaired) electrons. The van der Waals surface area contributed by atoms with Crippen LogP contribution in [0.5, 0.6) is 0 Å². The fourth-order valence-electron chi connectivity index (χ4n) is 1.77. The number of nitrogens with zero attached hydrogens (tertiary/aromatic N) is 1. The smallest absolute Gasteiger partial charge is 0.0373 e. The molecule has 0 saturated heterocycles. The van der Waals surface area contributed by atoms with Crippen molar-refractivity contribution in [2.75, 3.05) is 7.05 Å². The van der Waals surface area contributed by atoms with Gasteiger partial charge in [0.1, 0.15) is 0 Å². The maximum atomic E-state index is 4.34. The summed E-state index contributed by atoms with van der Waals surface area (Å²) in [6.07, 6.45) is 1.93. The predicted octanol–water partition coefficient (Wildman–Crippen LogP) is 2.78. The first kappa shape index (κ1) is 10.8. The van der Waals surface area contributed by atoms with Crippen LogP contribution in [0.1, 0.15) is 11.3 Å². The molecule has 1 aromatic carbocycles. The van der Waals surface area contributed by atoms with Gasteiger partial charge in [-0.05, 0) is 31.2 Å². The first-order valence-electron chi connectivity index (χ1n) is 5.47. The Morgan fingerprint density at radius 3 is 2.62 bits per heavy atom. The Bertz CT molecular complexity index is 460. The van der Waals surface area contributed by atoms with Crippen LogP contribution >= 0.6 is 0 Å². The molecule has 0 bridgehead atoms. The Balaban J connectivity index is 2.42. The van der Waals surface area contributed by atoms with Gasteiger partial charge in [-0.3, -0.25) is 4.98 Å². The first-order valence-corrected chi connectivity index (χ1v) is 5.47. The second kappa shape index (κ2) is 4.90. The maximum absolute atomic E-state index is 4.34. The predicted molar refractivity (Wildman–Crippen MR) is 67.2 cm³/mol. The number of rotatable bonds is 3. The molecule has 0 saturated carbocycles. The second-order valence-corrected chi connectivity index (χ2v) is 3.88. The highest BCUT2D eigenvalue weighted by molar-refractivity contribution is 5.66. The highest BCUT2D eigenvalue weighted by Crippen LogP contribution is 2.22. The Hall–Kier alpha value is -1.67. The maximum Gasteiger partial charge on any atom is 0.0373 e. The first-order chi connectivity index (χ1) is 7.81. The van der Waals surface area contributed by atoms with Crippen LogP contribution in [0, 0.1) is 6.92 Å². The standard InChI is InChI=1S/C14H16N2/c1-11-7-8-13(10-16-11)14-6-4-3-5-12(14)9-15-2/h3-8,10,15H,9H2,1-2H3. The van der Waals surface area contributed by atoms with E-state index in [1.165, 1.54) is 16.7 Å². The van der Waals surface area contributed by atoms with Crippen LogP contribution in [0.2, 0.25) is 0 Å². The molecule has 0 aliphatic rings. The third-order valence-electron chi connectivity index (χ3n) is 2.61. The van der Waals surface area contributed by atoms with E-state index < -0.39 is 0 Å². The SMILES string of the molecule is CNCc1ccccc1-c1ccc(C)nc1. The summed E-state index contributed by atoms with van der Waals surface area (Å²) in [7, 11) is 1.96. The molecule has 2 aromatic rings. The summed E-state index contributed by atoms with van der Waals surface area (Å²) in [6, 6.07) is 12.6. The van der Waals surface area contributed by atoms with Crippen molar-refractivity contribution in [3.63, 3.8) is 0 Å². The average Bonchev–Trinajstić information content (AvgIpc) is 2.32. The van der Waals surface area contributed by atoms with Crippen molar-refractivity contribution in [1.29, 1.82) is 0 Å². The number of hydrogen-bond donors (Lipinski definition) is 1. The topological polar surface area (TPSA) is 24.9 Å². The fourth-order valence-corrected chi connectivity index (χ4v) is 1.77. The molecule has 0 amide bonds. The highest BCUT2D eigenvalue weighted by atomic mass is 14.8. The van der Waals surface area contributed by atoms with E-state index in [4.69, 9.17) is 0 Å². The third kappa shape index (κ3) is 2.28. The van der Waals surface area contributed by atoms with Gasteiger partial charge in [0.15, 0.2) is 0 Å². The lowest BCUT2D eigenvalue weighted by Crippen LogP contribution is -2.06. The Kier molecular flexibility index (Phi) is 3.32. The molecule has 1 aromatic heterocycles. The minimum atomic E-state index is 0.879. The Morgan fingerprint density at radius 1 is 1.12 bits per heavy atom. The van der Waals surface area contributed by atoms with E-state index in [1.54, 1.807) is 0 Å². The van der Waals surface area contributed by atoms with E-state index in [-0.39, 0.29) is 0 Å². The van der Waals surface area contributed by atoms with Crippen molar-refractivity contribution in [1.82, 2.24) is 10.3 Å². The third-order valence-corrected chi connectivity index (χ3v) is 2.61. The van der Waals surface area contributed by atoms with Crippen LogP contribution in [-0.4, -0.2) is 12.0 Å². The van der Waals surface area contributed by atoms with E-state index in [0.717, 1.165) is 12.2 Å². The molecule has 82 valence electrons. The minimum absolute atomic E-state index is 0.879. The van der Waals surface area contributed by atoms with E-state index in [0.29, 0.717) is 0 Å².